The first-order valence-corrected chi connectivity index (χ1v) is 6.83. The highest BCUT2D eigenvalue weighted by molar-refractivity contribution is 5.13. The SMILES string of the molecule is CCC(OCCOCc1ccccc1)OC1OC1C. The summed E-state index contributed by atoms with van der Waals surface area (Å²) < 4.78 is 21.9. The molecule has 2 rings (SSSR count). The molecule has 1 aliphatic heterocycles. The second-order valence-electron chi connectivity index (χ2n) is 4.59. The zero-order valence-corrected chi connectivity index (χ0v) is 11.6. The normalized spacial score (nSPS) is 23.3. The molecule has 0 radical (unpaired) electrons. The van der Waals surface area contributed by atoms with Gasteiger partial charge in [0, 0.05) is 0 Å². The summed E-state index contributed by atoms with van der Waals surface area (Å²) in [5.74, 6) is 0. The maximum atomic E-state index is 5.60. The lowest BCUT2D eigenvalue weighted by Gasteiger charge is -2.15. The molecule has 1 aliphatic rings. The molecule has 3 unspecified atom stereocenters. The third kappa shape index (κ3) is 5.28. The Hall–Kier alpha value is -0.940. The first kappa shape index (κ1) is 14.5. The Balaban J connectivity index is 1.53. The van der Waals surface area contributed by atoms with E-state index in [-0.39, 0.29) is 18.7 Å². The predicted molar refractivity (Wildman–Crippen MR) is 71.5 cm³/mol. The van der Waals surface area contributed by atoms with E-state index in [4.69, 9.17) is 18.9 Å². The van der Waals surface area contributed by atoms with Crippen LogP contribution in [0.3, 0.4) is 0 Å². The molecule has 0 saturated carbocycles. The Morgan fingerprint density at radius 1 is 1.21 bits per heavy atom. The van der Waals surface area contributed by atoms with E-state index in [1.165, 1.54) is 5.56 Å². The lowest BCUT2D eigenvalue weighted by Crippen LogP contribution is -2.21. The van der Waals surface area contributed by atoms with Gasteiger partial charge in [0.05, 0.1) is 19.8 Å². The third-order valence-corrected chi connectivity index (χ3v) is 2.92. The van der Waals surface area contributed by atoms with Crippen LogP contribution in [-0.2, 0) is 25.6 Å². The van der Waals surface area contributed by atoms with Gasteiger partial charge >= 0.3 is 0 Å². The van der Waals surface area contributed by atoms with Crippen molar-refractivity contribution in [1.82, 2.24) is 0 Å². The van der Waals surface area contributed by atoms with Gasteiger partial charge in [-0.25, -0.2) is 0 Å². The average molecular weight is 266 g/mol. The van der Waals surface area contributed by atoms with Gasteiger partial charge in [0.2, 0.25) is 0 Å². The van der Waals surface area contributed by atoms with Crippen molar-refractivity contribution in [1.29, 1.82) is 0 Å². The summed E-state index contributed by atoms with van der Waals surface area (Å²) in [6.45, 7) is 5.73. The van der Waals surface area contributed by atoms with Crippen LogP contribution in [0.15, 0.2) is 30.3 Å². The summed E-state index contributed by atoms with van der Waals surface area (Å²) in [5.41, 5.74) is 1.17. The fourth-order valence-corrected chi connectivity index (χ4v) is 1.71. The van der Waals surface area contributed by atoms with E-state index >= 15 is 0 Å². The molecule has 4 nitrogen and oxygen atoms in total. The van der Waals surface area contributed by atoms with Crippen LogP contribution >= 0.6 is 0 Å². The van der Waals surface area contributed by atoms with Crippen molar-refractivity contribution in [3.05, 3.63) is 35.9 Å². The molecule has 4 heteroatoms. The van der Waals surface area contributed by atoms with E-state index < -0.39 is 0 Å². The van der Waals surface area contributed by atoms with E-state index in [1.807, 2.05) is 44.2 Å². The second kappa shape index (κ2) is 7.60. The molecule has 1 fully saturated rings. The number of rotatable bonds is 9. The van der Waals surface area contributed by atoms with Crippen molar-refractivity contribution >= 4 is 0 Å². The highest BCUT2D eigenvalue weighted by Crippen LogP contribution is 2.24. The summed E-state index contributed by atoms with van der Waals surface area (Å²) in [7, 11) is 0. The van der Waals surface area contributed by atoms with Gasteiger partial charge in [-0.2, -0.15) is 0 Å². The standard InChI is InChI=1S/C15H22O4/c1-3-14(19-15-12(2)18-15)17-10-9-16-11-13-7-5-4-6-8-13/h4-8,12,14-15H,3,9-11H2,1-2H3. The summed E-state index contributed by atoms with van der Waals surface area (Å²) in [6.07, 6.45) is 0.725. The molecule has 0 aliphatic carbocycles. The van der Waals surface area contributed by atoms with Crippen molar-refractivity contribution in [3.8, 4) is 0 Å². The van der Waals surface area contributed by atoms with Crippen molar-refractivity contribution in [2.75, 3.05) is 13.2 Å². The van der Waals surface area contributed by atoms with Gasteiger partial charge in [-0.1, -0.05) is 37.3 Å². The second-order valence-corrected chi connectivity index (χ2v) is 4.59. The van der Waals surface area contributed by atoms with Crippen LogP contribution in [0.1, 0.15) is 25.8 Å². The van der Waals surface area contributed by atoms with Crippen LogP contribution in [0.25, 0.3) is 0 Å². The Morgan fingerprint density at radius 3 is 2.58 bits per heavy atom. The molecule has 106 valence electrons. The molecule has 0 spiro atoms. The summed E-state index contributed by atoms with van der Waals surface area (Å²) in [4.78, 5) is 0. The number of ether oxygens (including phenoxy) is 4. The monoisotopic (exact) mass is 266 g/mol. The molecule has 1 aromatic rings. The fourth-order valence-electron chi connectivity index (χ4n) is 1.71. The fraction of sp³-hybridized carbons (Fsp3) is 0.600. The number of hydrogen-bond donors (Lipinski definition) is 0. The number of epoxide rings is 1. The minimum absolute atomic E-state index is 0.0878. The Morgan fingerprint density at radius 2 is 1.95 bits per heavy atom. The first-order chi connectivity index (χ1) is 9.29. The highest BCUT2D eigenvalue weighted by atomic mass is 16.8. The minimum atomic E-state index is -0.199. The van der Waals surface area contributed by atoms with E-state index in [1.54, 1.807) is 0 Å². The van der Waals surface area contributed by atoms with Crippen LogP contribution in [-0.4, -0.2) is 31.9 Å². The van der Waals surface area contributed by atoms with Gasteiger partial charge in [-0.15, -0.1) is 0 Å². The van der Waals surface area contributed by atoms with E-state index in [9.17, 15) is 0 Å². The molecule has 0 amide bonds. The predicted octanol–water partition coefficient (Wildman–Crippen LogP) is 2.72. The Kier molecular flexibility index (Phi) is 5.79. The zero-order valence-electron chi connectivity index (χ0n) is 11.6. The van der Waals surface area contributed by atoms with Crippen LogP contribution in [0.2, 0.25) is 0 Å². The summed E-state index contributed by atoms with van der Waals surface area (Å²) in [6, 6.07) is 10.1. The Labute approximate surface area is 114 Å². The van der Waals surface area contributed by atoms with Gasteiger partial charge in [-0.3, -0.25) is 0 Å². The van der Waals surface area contributed by atoms with Gasteiger partial charge in [0.1, 0.15) is 6.10 Å². The quantitative estimate of drug-likeness (QED) is 0.391. The maximum absolute atomic E-state index is 5.60. The van der Waals surface area contributed by atoms with E-state index in [0.29, 0.717) is 19.8 Å². The van der Waals surface area contributed by atoms with Crippen molar-refractivity contribution in [3.63, 3.8) is 0 Å². The summed E-state index contributed by atoms with van der Waals surface area (Å²) in [5, 5.41) is 0. The highest BCUT2D eigenvalue weighted by Gasteiger charge is 2.37. The molecule has 0 aromatic heterocycles. The third-order valence-electron chi connectivity index (χ3n) is 2.92. The average Bonchev–Trinajstić information content (AvgIpc) is 3.13. The lowest BCUT2D eigenvalue weighted by molar-refractivity contribution is -0.175. The number of benzene rings is 1. The molecule has 1 saturated heterocycles. The van der Waals surface area contributed by atoms with Crippen molar-refractivity contribution in [2.45, 2.75) is 45.6 Å². The Bertz CT molecular complexity index is 354. The molecule has 1 heterocycles. The molecule has 3 atom stereocenters. The van der Waals surface area contributed by atoms with Gasteiger partial charge in [0.15, 0.2) is 12.6 Å². The molecule has 1 aromatic carbocycles. The van der Waals surface area contributed by atoms with Crippen LogP contribution in [0, 0.1) is 0 Å². The molecule has 0 N–H and O–H groups in total. The molecular formula is C15H22O4. The van der Waals surface area contributed by atoms with Crippen molar-refractivity contribution in [2.24, 2.45) is 0 Å². The van der Waals surface area contributed by atoms with Gasteiger partial charge in [0.25, 0.3) is 0 Å². The van der Waals surface area contributed by atoms with E-state index in [0.717, 1.165) is 6.42 Å². The van der Waals surface area contributed by atoms with Gasteiger partial charge < -0.3 is 18.9 Å². The number of hydrogen-bond acceptors (Lipinski definition) is 4. The van der Waals surface area contributed by atoms with Crippen LogP contribution in [0.5, 0.6) is 0 Å². The van der Waals surface area contributed by atoms with Crippen LogP contribution in [0.4, 0.5) is 0 Å². The molecule has 19 heavy (non-hydrogen) atoms. The largest absolute Gasteiger partial charge is 0.374 e. The maximum Gasteiger partial charge on any atom is 0.187 e. The zero-order chi connectivity index (χ0) is 13.5. The minimum Gasteiger partial charge on any atom is -0.374 e. The lowest BCUT2D eigenvalue weighted by atomic mass is 10.2. The topological polar surface area (TPSA) is 40.2 Å². The van der Waals surface area contributed by atoms with Gasteiger partial charge in [-0.05, 0) is 18.9 Å². The van der Waals surface area contributed by atoms with Crippen molar-refractivity contribution < 1.29 is 18.9 Å². The van der Waals surface area contributed by atoms with E-state index in [2.05, 4.69) is 0 Å². The smallest absolute Gasteiger partial charge is 0.187 e. The molecular weight excluding hydrogens is 244 g/mol. The molecule has 0 bridgehead atoms. The first-order valence-electron chi connectivity index (χ1n) is 6.83. The van der Waals surface area contributed by atoms with Crippen LogP contribution < -0.4 is 0 Å². The summed E-state index contributed by atoms with van der Waals surface area (Å²) >= 11 is 0.